The SMILES string of the molecule is CCCCCCCCCCCCCCCCCCC(C)(CCCCCCCCCCCCCCCCCC)C(=O)OC.N. The van der Waals surface area contributed by atoms with Crippen molar-refractivity contribution in [3.63, 3.8) is 0 Å². The first-order valence-electron chi connectivity index (χ1n) is 19.7. The minimum absolute atomic E-state index is 0. The fourth-order valence-electron chi connectivity index (χ4n) is 6.70. The molecule has 0 aliphatic heterocycles. The molecular formula is C40H83NO2. The third-order valence-electron chi connectivity index (χ3n) is 9.84. The molecule has 260 valence electrons. The molecule has 0 unspecified atom stereocenters. The van der Waals surface area contributed by atoms with Crippen molar-refractivity contribution in [2.75, 3.05) is 7.11 Å². The number of carbonyl (C=O) groups is 1. The molecule has 0 bridgehead atoms. The lowest BCUT2D eigenvalue weighted by Gasteiger charge is -2.26. The van der Waals surface area contributed by atoms with E-state index in [0.29, 0.717) is 0 Å². The number of hydrogen-bond acceptors (Lipinski definition) is 3. The summed E-state index contributed by atoms with van der Waals surface area (Å²) >= 11 is 0. The highest BCUT2D eigenvalue weighted by atomic mass is 16.5. The van der Waals surface area contributed by atoms with Crippen molar-refractivity contribution < 1.29 is 9.53 Å². The quantitative estimate of drug-likeness (QED) is 0.0574. The molecule has 3 nitrogen and oxygen atoms in total. The molecule has 0 heterocycles. The highest BCUT2D eigenvalue weighted by Crippen LogP contribution is 2.33. The second-order valence-electron chi connectivity index (χ2n) is 14.2. The van der Waals surface area contributed by atoms with Crippen molar-refractivity contribution >= 4 is 5.97 Å². The van der Waals surface area contributed by atoms with Crippen molar-refractivity contribution in [2.24, 2.45) is 5.41 Å². The zero-order chi connectivity index (χ0) is 30.8. The Bertz CT molecular complexity index is 499. The van der Waals surface area contributed by atoms with Gasteiger partial charge in [0, 0.05) is 0 Å². The first-order valence-corrected chi connectivity index (χ1v) is 19.7. The number of ether oxygens (including phenoxy) is 1. The molecule has 0 spiro atoms. The number of unbranched alkanes of at least 4 members (excludes halogenated alkanes) is 30. The Kier molecular flexibility index (Phi) is 37.2. The van der Waals surface area contributed by atoms with E-state index in [-0.39, 0.29) is 17.5 Å². The second-order valence-corrected chi connectivity index (χ2v) is 14.2. The standard InChI is InChI=1S/C40H80O2.H3N/c1-5-7-9-11-13-15-17-19-21-23-25-27-29-31-33-35-37-40(3,39(41)42-4)38-36-34-32-30-28-26-24-22-20-18-16-14-12-10-8-6-2;/h5-38H2,1-4H3;1H3. The van der Waals surface area contributed by atoms with E-state index >= 15 is 0 Å². The highest BCUT2D eigenvalue weighted by molar-refractivity contribution is 5.76. The van der Waals surface area contributed by atoms with Gasteiger partial charge in [0.2, 0.25) is 0 Å². The smallest absolute Gasteiger partial charge is 0.311 e. The summed E-state index contributed by atoms with van der Waals surface area (Å²) < 4.78 is 5.24. The van der Waals surface area contributed by atoms with Crippen LogP contribution < -0.4 is 6.15 Å². The Morgan fingerprint density at radius 2 is 0.581 bits per heavy atom. The molecule has 0 aliphatic rings. The molecule has 0 aliphatic carbocycles. The molecule has 0 saturated heterocycles. The molecule has 0 radical (unpaired) electrons. The Hall–Kier alpha value is -0.570. The van der Waals surface area contributed by atoms with E-state index < -0.39 is 0 Å². The number of hydrogen-bond donors (Lipinski definition) is 1. The first kappa shape index (κ1) is 44.6. The van der Waals surface area contributed by atoms with Crippen LogP contribution in [-0.2, 0) is 9.53 Å². The first-order chi connectivity index (χ1) is 20.6. The molecule has 3 N–H and O–H groups in total. The number of esters is 1. The van der Waals surface area contributed by atoms with Gasteiger partial charge in [-0.25, -0.2) is 0 Å². The van der Waals surface area contributed by atoms with Crippen LogP contribution in [-0.4, -0.2) is 13.1 Å². The van der Waals surface area contributed by atoms with Gasteiger partial charge in [-0.15, -0.1) is 0 Å². The Morgan fingerprint density at radius 3 is 0.767 bits per heavy atom. The van der Waals surface area contributed by atoms with E-state index in [1.807, 2.05) is 0 Å². The van der Waals surface area contributed by atoms with Gasteiger partial charge in [0.1, 0.15) is 0 Å². The lowest BCUT2D eigenvalue weighted by Crippen LogP contribution is -2.29. The minimum atomic E-state index is -0.277. The topological polar surface area (TPSA) is 61.3 Å². The molecule has 0 atom stereocenters. The molecule has 0 aromatic carbocycles. The summed E-state index contributed by atoms with van der Waals surface area (Å²) in [6.07, 6.45) is 46.5. The number of methoxy groups -OCH3 is 1. The maximum atomic E-state index is 12.6. The molecule has 0 aromatic heterocycles. The number of rotatable bonds is 35. The summed E-state index contributed by atoms with van der Waals surface area (Å²) in [5, 5.41) is 0. The van der Waals surface area contributed by atoms with Crippen molar-refractivity contribution in [3.8, 4) is 0 Å². The third-order valence-corrected chi connectivity index (χ3v) is 9.84. The summed E-state index contributed by atoms with van der Waals surface area (Å²) in [5.74, 6) is 0.0180. The van der Waals surface area contributed by atoms with E-state index in [9.17, 15) is 4.79 Å². The minimum Gasteiger partial charge on any atom is -0.469 e. The van der Waals surface area contributed by atoms with Crippen LogP contribution in [0.5, 0.6) is 0 Å². The molecule has 43 heavy (non-hydrogen) atoms. The molecule has 3 heteroatoms. The van der Waals surface area contributed by atoms with Crippen LogP contribution in [0, 0.1) is 5.41 Å². The zero-order valence-electron chi connectivity index (χ0n) is 30.6. The lowest BCUT2D eigenvalue weighted by molar-refractivity contribution is -0.152. The van der Waals surface area contributed by atoms with Crippen LogP contribution in [0.25, 0.3) is 0 Å². The van der Waals surface area contributed by atoms with E-state index in [4.69, 9.17) is 4.74 Å². The predicted octanol–water partition coefficient (Wildman–Crippen LogP) is 14.6. The summed E-state index contributed by atoms with van der Waals surface area (Å²) in [7, 11) is 1.57. The van der Waals surface area contributed by atoms with Crippen molar-refractivity contribution in [2.45, 2.75) is 239 Å². The van der Waals surface area contributed by atoms with E-state index in [2.05, 4.69) is 20.8 Å². The van der Waals surface area contributed by atoms with Crippen LogP contribution >= 0.6 is 0 Å². The van der Waals surface area contributed by atoms with Crippen molar-refractivity contribution in [3.05, 3.63) is 0 Å². The summed E-state index contributed by atoms with van der Waals surface area (Å²) in [6, 6.07) is 0. The monoisotopic (exact) mass is 610 g/mol. The Morgan fingerprint density at radius 1 is 0.395 bits per heavy atom. The normalized spacial score (nSPS) is 11.5. The molecule has 0 aromatic rings. The van der Waals surface area contributed by atoms with Crippen LogP contribution in [0.2, 0.25) is 0 Å². The van der Waals surface area contributed by atoms with Gasteiger partial charge < -0.3 is 10.9 Å². The van der Waals surface area contributed by atoms with Crippen LogP contribution in [0.4, 0.5) is 0 Å². The second kappa shape index (κ2) is 35.9. The van der Waals surface area contributed by atoms with Crippen molar-refractivity contribution in [1.29, 1.82) is 0 Å². The Balaban J connectivity index is 0. The summed E-state index contributed by atoms with van der Waals surface area (Å²) in [6.45, 7) is 6.75. The van der Waals surface area contributed by atoms with E-state index in [1.54, 1.807) is 7.11 Å². The average Bonchev–Trinajstić information content (AvgIpc) is 3.00. The molecular weight excluding hydrogens is 526 g/mol. The molecule has 0 amide bonds. The maximum Gasteiger partial charge on any atom is 0.311 e. The third kappa shape index (κ3) is 31.2. The van der Waals surface area contributed by atoms with Gasteiger partial charge in [0.15, 0.2) is 0 Å². The van der Waals surface area contributed by atoms with Crippen LogP contribution in [0.3, 0.4) is 0 Å². The predicted molar refractivity (Wildman–Crippen MR) is 193 cm³/mol. The molecule has 0 fully saturated rings. The van der Waals surface area contributed by atoms with Gasteiger partial charge in [-0.3, -0.25) is 4.79 Å². The zero-order valence-corrected chi connectivity index (χ0v) is 30.6. The molecule has 0 saturated carbocycles. The fraction of sp³-hybridized carbons (Fsp3) is 0.975. The lowest BCUT2D eigenvalue weighted by atomic mass is 9.79. The largest absolute Gasteiger partial charge is 0.469 e. The van der Waals surface area contributed by atoms with Gasteiger partial charge in [0.25, 0.3) is 0 Å². The summed E-state index contributed by atoms with van der Waals surface area (Å²) in [5.41, 5.74) is -0.277. The molecule has 0 rings (SSSR count). The summed E-state index contributed by atoms with van der Waals surface area (Å²) in [4.78, 5) is 12.6. The number of carbonyl (C=O) groups excluding carboxylic acids is 1. The van der Waals surface area contributed by atoms with Gasteiger partial charge in [-0.2, -0.15) is 0 Å². The highest BCUT2D eigenvalue weighted by Gasteiger charge is 2.33. The van der Waals surface area contributed by atoms with Gasteiger partial charge in [-0.05, 0) is 19.8 Å². The van der Waals surface area contributed by atoms with E-state index in [1.165, 1.54) is 205 Å². The maximum absolute atomic E-state index is 12.6. The van der Waals surface area contributed by atoms with Crippen molar-refractivity contribution in [1.82, 2.24) is 6.15 Å². The van der Waals surface area contributed by atoms with Gasteiger partial charge >= 0.3 is 5.97 Å². The Labute approximate surface area is 272 Å². The van der Waals surface area contributed by atoms with Gasteiger partial charge in [-0.1, -0.05) is 219 Å². The van der Waals surface area contributed by atoms with Crippen LogP contribution in [0.1, 0.15) is 239 Å². The average molecular weight is 610 g/mol. The van der Waals surface area contributed by atoms with Crippen LogP contribution in [0.15, 0.2) is 0 Å². The van der Waals surface area contributed by atoms with E-state index in [0.717, 1.165) is 12.8 Å². The van der Waals surface area contributed by atoms with Gasteiger partial charge in [0.05, 0.1) is 12.5 Å². The fourth-order valence-corrected chi connectivity index (χ4v) is 6.70.